The summed E-state index contributed by atoms with van der Waals surface area (Å²) in [6, 6.07) is 6.71. The largest absolute Gasteiger partial charge is 0.469 e. The molecule has 0 amide bonds. The molecular formula is C32H46O7S. The fourth-order valence-electron chi connectivity index (χ4n) is 9.52. The zero-order valence-corrected chi connectivity index (χ0v) is 25.4. The molecule has 0 saturated heterocycles. The molecule has 0 aromatic heterocycles. The lowest BCUT2D eigenvalue weighted by Crippen LogP contribution is -2.61. The molecule has 40 heavy (non-hydrogen) atoms. The summed E-state index contributed by atoms with van der Waals surface area (Å²) in [5.74, 6) is 0.902. The Bertz CT molecular complexity index is 1230. The highest BCUT2D eigenvalue weighted by Crippen LogP contribution is 2.67. The van der Waals surface area contributed by atoms with E-state index in [1.165, 1.54) is 7.11 Å². The number of hydrogen-bond acceptors (Lipinski definition) is 7. The summed E-state index contributed by atoms with van der Waals surface area (Å²) < 4.78 is 36.6. The van der Waals surface area contributed by atoms with E-state index >= 15 is 0 Å². The van der Waals surface area contributed by atoms with Gasteiger partial charge in [-0.2, -0.15) is 8.42 Å². The predicted octanol–water partition coefficient (Wildman–Crippen LogP) is 5.47. The zero-order chi connectivity index (χ0) is 29.0. The molecule has 0 unspecified atom stereocenters. The summed E-state index contributed by atoms with van der Waals surface area (Å²) >= 11 is 0. The van der Waals surface area contributed by atoms with E-state index in [0.29, 0.717) is 44.3 Å². The lowest BCUT2D eigenvalue weighted by molar-refractivity contribution is -0.180. The van der Waals surface area contributed by atoms with Gasteiger partial charge in [-0.1, -0.05) is 38.5 Å². The fraction of sp³-hybridized carbons (Fsp3) is 0.750. The zero-order valence-electron chi connectivity index (χ0n) is 24.6. The normalized spacial score (nSPS) is 40.0. The maximum atomic E-state index is 14.0. The van der Waals surface area contributed by atoms with Crippen molar-refractivity contribution in [2.45, 2.75) is 103 Å². The van der Waals surface area contributed by atoms with E-state index in [0.717, 1.165) is 24.8 Å². The van der Waals surface area contributed by atoms with Crippen LogP contribution in [0.1, 0.15) is 84.1 Å². The highest BCUT2D eigenvalue weighted by atomic mass is 32.2. The first-order valence-corrected chi connectivity index (χ1v) is 16.5. The first-order chi connectivity index (χ1) is 18.8. The quantitative estimate of drug-likeness (QED) is 0.340. The number of ether oxygens (including phenoxy) is 1. The van der Waals surface area contributed by atoms with Crippen LogP contribution in [-0.2, 0) is 28.6 Å². The average Bonchev–Trinajstić information content (AvgIpc) is 3.27. The molecule has 8 heteroatoms. The van der Waals surface area contributed by atoms with E-state index in [-0.39, 0.29) is 51.8 Å². The molecule has 1 N–H and O–H groups in total. The van der Waals surface area contributed by atoms with Gasteiger partial charge in [0.05, 0.1) is 24.2 Å². The molecule has 4 fully saturated rings. The maximum Gasteiger partial charge on any atom is 0.305 e. The Morgan fingerprint density at radius 1 is 1.10 bits per heavy atom. The van der Waals surface area contributed by atoms with Gasteiger partial charge in [0.25, 0.3) is 10.1 Å². The van der Waals surface area contributed by atoms with E-state index in [1.807, 2.05) is 6.92 Å². The fourth-order valence-corrected chi connectivity index (χ4v) is 10.6. The SMILES string of the molecule is COC(=O)CC[C@@H](C)[C@H]1CC[C@H]2[C@@H]3[C@H](O)C[C@@H]4C[C@H](OS(=O)(=O)c5ccc(C)cc5)CC[C@]4(C)[C@H]3CC(=O)[C@]12C. The van der Waals surface area contributed by atoms with Gasteiger partial charge in [0.2, 0.25) is 0 Å². The summed E-state index contributed by atoms with van der Waals surface area (Å²) in [4.78, 5) is 26.0. The van der Waals surface area contributed by atoms with Crippen LogP contribution in [0.3, 0.4) is 0 Å². The molecule has 4 aliphatic rings. The van der Waals surface area contributed by atoms with Crippen LogP contribution in [0.25, 0.3) is 0 Å². The predicted molar refractivity (Wildman–Crippen MR) is 151 cm³/mol. The van der Waals surface area contributed by atoms with Crippen molar-refractivity contribution in [3.8, 4) is 0 Å². The van der Waals surface area contributed by atoms with Gasteiger partial charge in [-0.15, -0.1) is 0 Å². The number of esters is 1. The van der Waals surface area contributed by atoms with Crippen LogP contribution in [0.15, 0.2) is 29.2 Å². The molecule has 0 radical (unpaired) electrons. The second-order valence-corrected chi connectivity index (χ2v) is 15.3. The second-order valence-electron chi connectivity index (χ2n) is 13.7. The molecule has 1 aromatic rings. The lowest BCUT2D eigenvalue weighted by atomic mass is 9.43. The molecule has 0 spiro atoms. The number of rotatable bonds is 7. The number of aryl methyl sites for hydroxylation is 1. The number of carbonyl (C=O) groups excluding carboxylic acids is 2. The molecule has 0 bridgehead atoms. The molecule has 4 aliphatic carbocycles. The molecule has 7 nitrogen and oxygen atoms in total. The van der Waals surface area contributed by atoms with Crippen LogP contribution in [-0.4, -0.2) is 44.6 Å². The summed E-state index contributed by atoms with van der Waals surface area (Å²) in [5.41, 5.74) is 0.368. The van der Waals surface area contributed by atoms with Crippen molar-refractivity contribution < 1.29 is 32.0 Å². The van der Waals surface area contributed by atoms with Crippen molar-refractivity contribution in [3.63, 3.8) is 0 Å². The van der Waals surface area contributed by atoms with Crippen LogP contribution in [0.5, 0.6) is 0 Å². The van der Waals surface area contributed by atoms with Crippen molar-refractivity contribution >= 4 is 21.9 Å². The standard InChI is InChI=1S/C32H46O7S/c1-19-6-9-23(10-7-19)40(36,37)39-22-14-15-31(3)21(16-22)17-27(33)30-25-12-11-24(20(2)8-13-29(35)38-5)32(25,4)28(34)18-26(30)31/h6-7,9-10,20-22,24-27,30,33H,8,11-18H2,1-5H3/t20-,21+,22-,24-,25+,26+,27-,30+,31+,32-/m1/s1. The van der Waals surface area contributed by atoms with Gasteiger partial charge in [-0.05, 0) is 105 Å². The smallest absolute Gasteiger partial charge is 0.305 e. The van der Waals surface area contributed by atoms with Gasteiger partial charge in [-0.25, -0.2) is 0 Å². The number of carbonyl (C=O) groups is 2. The number of Topliss-reactive ketones (excluding diaryl/α,β-unsaturated/α-hetero) is 1. The number of fused-ring (bicyclic) bond motifs is 5. The van der Waals surface area contributed by atoms with E-state index < -0.39 is 27.7 Å². The number of aliphatic hydroxyl groups excluding tert-OH is 1. The third kappa shape index (κ3) is 4.96. The topological polar surface area (TPSA) is 107 Å². The highest BCUT2D eigenvalue weighted by Gasteiger charge is 2.66. The van der Waals surface area contributed by atoms with Gasteiger partial charge < -0.3 is 9.84 Å². The van der Waals surface area contributed by atoms with Gasteiger partial charge in [-0.3, -0.25) is 13.8 Å². The molecule has 4 saturated carbocycles. The van der Waals surface area contributed by atoms with Crippen molar-refractivity contribution in [1.82, 2.24) is 0 Å². The number of hydrogen-bond donors (Lipinski definition) is 1. The number of ketones is 1. The Morgan fingerprint density at radius 3 is 2.48 bits per heavy atom. The monoisotopic (exact) mass is 574 g/mol. The lowest BCUT2D eigenvalue weighted by Gasteiger charge is -2.61. The summed E-state index contributed by atoms with van der Waals surface area (Å²) in [6.45, 7) is 8.47. The Morgan fingerprint density at radius 2 is 1.80 bits per heavy atom. The summed E-state index contributed by atoms with van der Waals surface area (Å²) in [6.07, 6.45) is 5.06. The van der Waals surface area contributed by atoms with E-state index in [1.54, 1.807) is 24.3 Å². The molecule has 222 valence electrons. The average molecular weight is 575 g/mol. The van der Waals surface area contributed by atoms with Crippen LogP contribution in [0.2, 0.25) is 0 Å². The van der Waals surface area contributed by atoms with Crippen molar-refractivity contribution in [2.75, 3.05) is 7.11 Å². The Hall–Kier alpha value is -1.77. The van der Waals surface area contributed by atoms with Crippen LogP contribution in [0, 0.1) is 53.3 Å². The minimum atomic E-state index is -3.87. The van der Waals surface area contributed by atoms with Gasteiger partial charge in [0.15, 0.2) is 0 Å². The minimum absolute atomic E-state index is 0.0653. The summed E-state index contributed by atoms with van der Waals surface area (Å²) in [5, 5.41) is 11.6. The third-order valence-corrected chi connectivity index (χ3v) is 13.2. The molecule has 0 heterocycles. The number of methoxy groups -OCH3 is 1. The van der Waals surface area contributed by atoms with Gasteiger partial charge >= 0.3 is 5.97 Å². The van der Waals surface area contributed by atoms with Crippen LogP contribution in [0.4, 0.5) is 0 Å². The van der Waals surface area contributed by atoms with E-state index in [9.17, 15) is 23.1 Å². The number of aliphatic hydroxyl groups is 1. The van der Waals surface area contributed by atoms with E-state index in [2.05, 4.69) is 20.8 Å². The first kappa shape index (κ1) is 29.7. The number of benzene rings is 1. The molecular weight excluding hydrogens is 528 g/mol. The Kier molecular flexibility index (Phi) is 8.03. The molecule has 0 aliphatic heterocycles. The van der Waals surface area contributed by atoms with Gasteiger partial charge in [0.1, 0.15) is 5.78 Å². The van der Waals surface area contributed by atoms with E-state index in [4.69, 9.17) is 8.92 Å². The Balaban J connectivity index is 1.32. The maximum absolute atomic E-state index is 14.0. The van der Waals surface area contributed by atoms with Gasteiger partial charge in [0, 0.05) is 18.3 Å². The Labute approximate surface area is 239 Å². The van der Waals surface area contributed by atoms with Crippen LogP contribution >= 0.6 is 0 Å². The third-order valence-electron chi connectivity index (χ3n) is 11.9. The second kappa shape index (κ2) is 10.8. The van der Waals surface area contributed by atoms with Crippen molar-refractivity contribution in [3.05, 3.63) is 29.8 Å². The summed E-state index contributed by atoms with van der Waals surface area (Å²) in [7, 11) is -2.46. The highest BCUT2D eigenvalue weighted by molar-refractivity contribution is 7.86. The molecule has 5 rings (SSSR count). The minimum Gasteiger partial charge on any atom is -0.469 e. The van der Waals surface area contributed by atoms with Crippen molar-refractivity contribution in [2.24, 2.45) is 46.3 Å². The van der Waals surface area contributed by atoms with Crippen LogP contribution < -0.4 is 0 Å². The van der Waals surface area contributed by atoms with Crippen molar-refractivity contribution in [1.29, 1.82) is 0 Å². The first-order valence-electron chi connectivity index (χ1n) is 15.1. The molecule has 10 atom stereocenters. The molecule has 1 aromatic carbocycles.